The zero-order valence-corrected chi connectivity index (χ0v) is 16.7. The average molecular weight is 395 g/mol. The molecular formula is C22H25N3O4. The zero-order chi connectivity index (χ0) is 20.8. The van der Waals surface area contributed by atoms with Gasteiger partial charge in [-0.1, -0.05) is 19.1 Å². The van der Waals surface area contributed by atoms with Crippen LogP contribution in [0.3, 0.4) is 0 Å². The number of carbonyl (C=O) groups is 3. The van der Waals surface area contributed by atoms with Crippen LogP contribution in [0.1, 0.15) is 38.0 Å². The van der Waals surface area contributed by atoms with Crippen LogP contribution < -0.4 is 5.32 Å². The normalized spacial score (nSPS) is 14.3. The Balaban J connectivity index is 1.70. The summed E-state index contributed by atoms with van der Waals surface area (Å²) in [5.74, 6) is -0.891. The second kappa shape index (κ2) is 9.34. The molecule has 0 aliphatic carbocycles. The zero-order valence-electron chi connectivity index (χ0n) is 16.7. The summed E-state index contributed by atoms with van der Waals surface area (Å²) in [6, 6.07) is 13.2. The van der Waals surface area contributed by atoms with Crippen molar-refractivity contribution in [2.45, 2.75) is 6.92 Å². The number of carbonyl (C=O) groups excluding carboxylic acids is 3. The molecule has 1 aliphatic rings. The van der Waals surface area contributed by atoms with Gasteiger partial charge in [0.15, 0.2) is 0 Å². The van der Waals surface area contributed by atoms with Gasteiger partial charge in [-0.25, -0.2) is 4.79 Å². The third-order valence-electron chi connectivity index (χ3n) is 5.02. The molecule has 2 aromatic rings. The minimum atomic E-state index is -0.475. The first kappa shape index (κ1) is 20.5. The maximum absolute atomic E-state index is 12.8. The lowest BCUT2D eigenvalue weighted by molar-refractivity contribution is 0.0599. The lowest BCUT2D eigenvalue weighted by Crippen LogP contribution is -2.48. The molecular weight excluding hydrogens is 370 g/mol. The number of hydrogen-bond acceptors (Lipinski definition) is 5. The Labute approximate surface area is 170 Å². The molecule has 7 heteroatoms. The summed E-state index contributed by atoms with van der Waals surface area (Å²) in [5.41, 5.74) is 1.70. The van der Waals surface area contributed by atoms with Crippen molar-refractivity contribution >= 4 is 23.5 Å². The smallest absolute Gasteiger partial charge is 0.337 e. The Hall–Kier alpha value is -3.19. The highest BCUT2D eigenvalue weighted by Gasteiger charge is 2.22. The van der Waals surface area contributed by atoms with E-state index < -0.39 is 5.97 Å². The van der Waals surface area contributed by atoms with Gasteiger partial charge in [-0.05, 0) is 42.9 Å². The van der Waals surface area contributed by atoms with Gasteiger partial charge in [-0.3, -0.25) is 9.59 Å². The van der Waals surface area contributed by atoms with E-state index in [1.807, 2.05) is 4.90 Å². The maximum Gasteiger partial charge on any atom is 0.337 e. The van der Waals surface area contributed by atoms with Crippen molar-refractivity contribution in [1.82, 2.24) is 9.80 Å². The minimum absolute atomic E-state index is 0.0666. The van der Waals surface area contributed by atoms with Crippen LogP contribution in [0.2, 0.25) is 0 Å². The third-order valence-corrected chi connectivity index (χ3v) is 5.02. The number of nitrogens with one attached hydrogen (secondary N) is 1. The summed E-state index contributed by atoms with van der Waals surface area (Å²) in [4.78, 5) is 41.2. The van der Waals surface area contributed by atoms with E-state index in [2.05, 4.69) is 17.1 Å². The minimum Gasteiger partial charge on any atom is -0.465 e. The van der Waals surface area contributed by atoms with Crippen LogP contribution in [-0.2, 0) is 4.74 Å². The molecule has 0 bridgehead atoms. The van der Waals surface area contributed by atoms with Crippen LogP contribution in [0.15, 0.2) is 48.5 Å². The molecule has 0 saturated carbocycles. The van der Waals surface area contributed by atoms with Crippen molar-refractivity contribution in [2.24, 2.45) is 0 Å². The van der Waals surface area contributed by atoms with Crippen molar-refractivity contribution in [3.63, 3.8) is 0 Å². The van der Waals surface area contributed by atoms with Gasteiger partial charge in [-0.15, -0.1) is 0 Å². The van der Waals surface area contributed by atoms with E-state index in [9.17, 15) is 14.4 Å². The number of nitrogens with zero attached hydrogens (tertiary/aromatic N) is 2. The number of amides is 2. The molecule has 0 radical (unpaired) electrons. The Morgan fingerprint density at radius 3 is 2.28 bits per heavy atom. The van der Waals surface area contributed by atoms with E-state index in [1.54, 1.807) is 48.5 Å². The predicted octanol–water partition coefficient (Wildman–Crippen LogP) is 2.50. The number of methoxy groups -OCH3 is 1. The molecule has 2 aromatic carbocycles. The molecule has 1 saturated heterocycles. The highest BCUT2D eigenvalue weighted by Crippen LogP contribution is 2.15. The highest BCUT2D eigenvalue weighted by molar-refractivity contribution is 6.06. The Kier molecular flexibility index (Phi) is 6.61. The summed E-state index contributed by atoms with van der Waals surface area (Å²) < 4.78 is 4.70. The van der Waals surface area contributed by atoms with Crippen molar-refractivity contribution in [3.05, 3.63) is 65.2 Å². The van der Waals surface area contributed by atoms with Crippen LogP contribution in [0.25, 0.3) is 0 Å². The number of ether oxygens (including phenoxy) is 1. The Bertz CT molecular complexity index is 904. The van der Waals surface area contributed by atoms with Crippen molar-refractivity contribution in [3.8, 4) is 0 Å². The monoisotopic (exact) mass is 395 g/mol. The number of hydrogen-bond donors (Lipinski definition) is 1. The van der Waals surface area contributed by atoms with Gasteiger partial charge >= 0.3 is 5.97 Å². The number of anilines is 1. The highest BCUT2D eigenvalue weighted by atomic mass is 16.5. The fourth-order valence-corrected chi connectivity index (χ4v) is 3.29. The SMILES string of the molecule is CCN1CCN(C(=O)c2cccc(C(=O)Nc3cccc(C(=O)OC)c3)c2)CC1. The third kappa shape index (κ3) is 5.00. The van der Waals surface area contributed by atoms with Gasteiger partial charge in [-0.2, -0.15) is 0 Å². The summed E-state index contributed by atoms with van der Waals surface area (Å²) in [6.45, 7) is 6.18. The van der Waals surface area contributed by atoms with E-state index in [0.717, 1.165) is 19.6 Å². The van der Waals surface area contributed by atoms with Crippen molar-refractivity contribution < 1.29 is 19.1 Å². The molecule has 0 unspecified atom stereocenters. The second-order valence-electron chi connectivity index (χ2n) is 6.83. The summed E-state index contributed by atoms with van der Waals surface area (Å²) in [6.07, 6.45) is 0. The molecule has 0 atom stereocenters. The van der Waals surface area contributed by atoms with Crippen LogP contribution >= 0.6 is 0 Å². The van der Waals surface area contributed by atoms with Crippen LogP contribution in [0, 0.1) is 0 Å². The summed E-state index contributed by atoms with van der Waals surface area (Å²) in [7, 11) is 1.30. The van der Waals surface area contributed by atoms with E-state index in [1.165, 1.54) is 7.11 Å². The van der Waals surface area contributed by atoms with Gasteiger partial charge in [0.2, 0.25) is 0 Å². The molecule has 29 heavy (non-hydrogen) atoms. The Morgan fingerprint density at radius 2 is 1.59 bits per heavy atom. The number of rotatable bonds is 5. The van der Waals surface area contributed by atoms with E-state index in [-0.39, 0.29) is 11.8 Å². The largest absolute Gasteiger partial charge is 0.465 e. The molecule has 1 fully saturated rings. The first-order chi connectivity index (χ1) is 14.0. The van der Waals surface area contributed by atoms with E-state index in [4.69, 9.17) is 4.74 Å². The quantitative estimate of drug-likeness (QED) is 0.787. The number of likely N-dealkylation sites (N-methyl/N-ethyl adjacent to an activating group) is 1. The first-order valence-electron chi connectivity index (χ1n) is 9.63. The lowest BCUT2D eigenvalue weighted by atomic mass is 10.1. The van der Waals surface area contributed by atoms with Crippen LogP contribution in [-0.4, -0.2) is 67.4 Å². The van der Waals surface area contributed by atoms with Gasteiger partial charge in [0, 0.05) is 43.0 Å². The van der Waals surface area contributed by atoms with Crippen molar-refractivity contribution in [1.29, 1.82) is 0 Å². The summed E-state index contributed by atoms with van der Waals surface area (Å²) in [5, 5.41) is 2.76. The van der Waals surface area contributed by atoms with E-state index >= 15 is 0 Å². The fraction of sp³-hybridized carbons (Fsp3) is 0.318. The molecule has 3 rings (SSSR count). The molecule has 0 aromatic heterocycles. The number of piperazine rings is 1. The standard InChI is InChI=1S/C22H25N3O4/c1-3-24-10-12-25(13-11-24)21(27)17-7-4-6-16(14-17)20(26)23-19-9-5-8-18(15-19)22(28)29-2/h4-9,14-15H,3,10-13H2,1-2H3,(H,23,26). The summed E-state index contributed by atoms with van der Waals surface area (Å²) >= 11 is 0. The maximum atomic E-state index is 12.8. The topological polar surface area (TPSA) is 79.0 Å². The second-order valence-corrected chi connectivity index (χ2v) is 6.83. The van der Waals surface area contributed by atoms with Crippen LogP contribution in [0.5, 0.6) is 0 Å². The van der Waals surface area contributed by atoms with Crippen molar-refractivity contribution in [2.75, 3.05) is 45.2 Å². The van der Waals surface area contributed by atoms with Gasteiger partial charge in [0.25, 0.3) is 11.8 Å². The van der Waals surface area contributed by atoms with Gasteiger partial charge < -0.3 is 19.9 Å². The molecule has 7 nitrogen and oxygen atoms in total. The lowest BCUT2D eigenvalue weighted by Gasteiger charge is -2.34. The van der Waals surface area contributed by atoms with E-state index in [0.29, 0.717) is 35.5 Å². The molecule has 1 N–H and O–H groups in total. The molecule has 2 amide bonds. The predicted molar refractivity (Wildman–Crippen MR) is 110 cm³/mol. The Morgan fingerprint density at radius 1 is 0.931 bits per heavy atom. The molecule has 0 spiro atoms. The molecule has 152 valence electrons. The number of esters is 1. The van der Waals surface area contributed by atoms with Crippen LogP contribution in [0.4, 0.5) is 5.69 Å². The average Bonchev–Trinajstić information content (AvgIpc) is 2.78. The molecule has 1 heterocycles. The molecule has 1 aliphatic heterocycles. The fourth-order valence-electron chi connectivity index (χ4n) is 3.29. The first-order valence-corrected chi connectivity index (χ1v) is 9.63. The van der Waals surface area contributed by atoms with Gasteiger partial charge in [0.1, 0.15) is 0 Å². The van der Waals surface area contributed by atoms with Gasteiger partial charge in [0.05, 0.1) is 12.7 Å². The number of benzene rings is 2.